The van der Waals surface area contributed by atoms with Gasteiger partial charge < -0.3 is 18.3 Å². The van der Waals surface area contributed by atoms with Crippen molar-refractivity contribution in [3.8, 4) is 11.1 Å². The van der Waals surface area contributed by atoms with E-state index in [0.717, 1.165) is 67.5 Å². The van der Waals surface area contributed by atoms with E-state index in [1.54, 1.807) is 0 Å². The molecule has 2 radical (unpaired) electrons. The summed E-state index contributed by atoms with van der Waals surface area (Å²) in [7, 11) is 7.24. The number of hydrogen-bond acceptors (Lipinski definition) is 3. The molecule has 11 rings (SSSR count). The van der Waals surface area contributed by atoms with E-state index >= 15 is 0 Å². The Hall–Kier alpha value is -6.20. The summed E-state index contributed by atoms with van der Waals surface area (Å²) in [5.41, 5.74) is 13.2. The number of aromatic nitrogens is 1. The van der Waals surface area contributed by atoms with Gasteiger partial charge in [0.2, 0.25) is 0 Å². The number of benzene rings is 7. The second-order valence-electron chi connectivity index (χ2n) is 12.7. The SMILES string of the molecule is [B]c1c(N(c2ccc3oc4ccccc4c3c2)c2cccc3c2Cn2c4ccccc4c4cccc-3c42)ccc2oc3ccccc3c12. The summed E-state index contributed by atoms with van der Waals surface area (Å²) in [5, 5.41) is 6.65. The van der Waals surface area contributed by atoms with Gasteiger partial charge in [-0.25, -0.2) is 0 Å². The Balaban J connectivity index is 1.22. The highest BCUT2D eigenvalue weighted by Crippen LogP contribution is 2.47. The number of fused-ring (bicyclic) bond motifs is 11. The Kier molecular flexibility index (Phi) is 5.09. The zero-order chi connectivity index (χ0) is 31.5. The second-order valence-corrected chi connectivity index (χ2v) is 12.7. The molecule has 4 heterocycles. The summed E-state index contributed by atoms with van der Waals surface area (Å²) < 4.78 is 15.0. The van der Waals surface area contributed by atoms with Crippen molar-refractivity contribution in [1.29, 1.82) is 0 Å². The van der Waals surface area contributed by atoms with Crippen molar-refractivity contribution in [2.45, 2.75) is 6.54 Å². The van der Waals surface area contributed by atoms with Crippen LogP contribution < -0.4 is 10.4 Å². The molecular weight excluding hydrogens is 587 g/mol. The predicted octanol–water partition coefficient (Wildman–Crippen LogP) is 10.9. The summed E-state index contributed by atoms with van der Waals surface area (Å²) >= 11 is 0. The largest absolute Gasteiger partial charge is 0.456 e. The van der Waals surface area contributed by atoms with E-state index in [0.29, 0.717) is 5.46 Å². The lowest BCUT2D eigenvalue weighted by Gasteiger charge is -2.32. The van der Waals surface area contributed by atoms with Crippen LogP contribution in [0.2, 0.25) is 0 Å². The molecule has 0 saturated heterocycles. The fourth-order valence-electron chi connectivity index (χ4n) is 8.14. The molecule has 0 aliphatic carbocycles. The maximum absolute atomic E-state index is 7.24. The molecule has 0 fully saturated rings. The van der Waals surface area contributed by atoms with E-state index in [1.165, 1.54) is 38.5 Å². The van der Waals surface area contributed by atoms with Gasteiger partial charge in [0.05, 0.1) is 17.7 Å². The molecule has 0 bridgehead atoms. The maximum Gasteiger partial charge on any atom is 0.135 e. The van der Waals surface area contributed by atoms with Crippen molar-refractivity contribution in [3.63, 3.8) is 0 Å². The van der Waals surface area contributed by atoms with Crippen LogP contribution in [0.3, 0.4) is 0 Å². The van der Waals surface area contributed by atoms with Crippen LogP contribution >= 0.6 is 0 Å². The van der Waals surface area contributed by atoms with E-state index in [-0.39, 0.29) is 0 Å². The number of furan rings is 2. The molecule has 1 aliphatic heterocycles. The quantitative estimate of drug-likeness (QED) is 0.186. The van der Waals surface area contributed by atoms with Crippen LogP contribution in [0.25, 0.3) is 76.8 Å². The molecule has 0 unspecified atom stereocenters. The minimum Gasteiger partial charge on any atom is -0.456 e. The molecule has 0 N–H and O–H groups in total. The van der Waals surface area contributed by atoms with Crippen molar-refractivity contribution in [3.05, 3.63) is 145 Å². The molecule has 5 heteroatoms. The fraction of sp³-hybridized carbons (Fsp3) is 0.0233. The molecule has 10 aromatic rings. The van der Waals surface area contributed by atoms with Crippen molar-refractivity contribution < 1.29 is 8.83 Å². The van der Waals surface area contributed by atoms with E-state index in [9.17, 15) is 0 Å². The van der Waals surface area contributed by atoms with Crippen LogP contribution in [0.15, 0.2) is 148 Å². The molecule has 0 amide bonds. The predicted molar refractivity (Wildman–Crippen MR) is 199 cm³/mol. The van der Waals surface area contributed by atoms with E-state index in [2.05, 4.69) is 113 Å². The van der Waals surface area contributed by atoms with E-state index in [1.807, 2.05) is 36.4 Å². The first-order valence-corrected chi connectivity index (χ1v) is 16.3. The molecule has 48 heavy (non-hydrogen) atoms. The Morgan fingerprint density at radius 2 is 1.19 bits per heavy atom. The average Bonchev–Trinajstić information content (AvgIpc) is 3.80. The molecule has 7 aromatic carbocycles. The van der Waals surface area contributed by atoms with E-state index in [4.69, 9.17) is 16.7 Å². The lowest BCUT2D eigenvalue weighted by atomic mass is 9.87. The van der Waals surface area contributed by atoms with Crippen molar-refractivity contribution in [1.82, 2.24) is 4.57 Å². The molecule has 222 valence electrons. The molecule has 0 atom stereocenters. The van der Waals surface area contributed by atoms with Gasteiger partial charge in [-0.15, -0.1) is 0 Å². The highest BCUT2D eigenvalue weighted by atomic mass is 16.3. The highest BCUT2D eigenvalue weighted by molar-refractivity contribution is 6.45. The van der Waals surface area contributed by atoms with Crippen molar-refractivity contribution >= 4 is 96.1 Å². The molecule has 3 aromatic heterocycles. The monoisotopic (exact) mass is 612 g/mol. The standard InChI is InChI=1S/C43H25BN2O2/c44-42-36(20-22-40-41(42)31-11-3-6-18-38(31)48-40)46(25-19-21-39-32(23-25)28-10-2-5-17-37(28)47-39)35-16-8-12-26-29-13-7-14-30-27-9-1-4-15-34(27)45(43(29)30)24-33(26)35/h1-23H,24H2. The van der Waals surface area contributed by atoms with Gasteiger partial charge in [-0.1, -0.05) is 90.4 Å². The number of para-hydroxylation sites is 4. The molecule has 0 spiro atoms. The Morgan fingerprint density at radius 3 is 2.08 bits per heavy atom. The first kappa shape index (κ1) is 25.9. The molecule has 0 saturated carbocycles. The number of rotatable bonds is 3. The van der Waals surface area contributed by atoms with Crippen LogP contribution in [-0.2, 0) is 6.54 Å². The van der Waals surface area contributed by atoms with Gasteiger partial charge in [-0.05, 0) is 60.2 Å². The number of nitrogens with zero attached hydrogens (tertiary/aromatic N) is 2. The van der Waals surface area contributed by atoms with Crippen LogP contribution in [0, 0.1) is 0 Å². The van der Waals surface area contributed by atoms with Crippen LogP contribution in [0.5, 0.6) is 0 Å². The van der Waals surface area contributed by atoms with Gasteiger partial charge >= 0.3 is 0 Å². The number of hydrogen-bond donors (Lipinski definition) is 0. The van der Waals surface area contributed by atoms with Gasteiger partial charge in [-0.3, -0.25) is 0 Å². The van der Waals surface area contributed by atoms with Crippen LogP contribution in [0.1, 0.15) is 5.56 Å². The highest BCUT2D eigenvalue weighted by Gasteiger charge is 2.28. The number of anilines is 3. The summed E-state index contributed by atoms with van der Waals surface area (Å²) in [4.78, 5) is 2.33. The van der Waals surface area contributed by atoms with Crippen molar-refractivity contribution in [2.24, 2.45) is 0 Å². The third-order valence-corrected chi connectivity index (χ3v) is 10.2. The van der Waals surface area contributed by atoms with Gasteiger partial charge in [0, 0.05) is 60.3 Å². The van der Waals surface area contributed by atoms with Crippen LogP contribution in [0.4, 0.5) is 17.1 Å². The molecular formula is C43H25BN2O2. The topological polar surface area (TPSA) is 34.5 Å². The minimum absolute atomic E-state index is 0.678. The summed E-state index contributed by atoms with van der Waals surface area (Å²) in [5.74, 6) is 0. The Morgan fingerprint density at radius 1 is 0.521 bits per heavy atom. The van der Waals surface area contributed by atoms with E-state index < -0.39 is 0 Å². The van der Waals surface area contributed by atoms with Gasteiger partial charge in [0.25, 0.3) is 0 Å². The molecule has 4 nitrogen and oxygen atoms in total. The fourth-order valence-corrected chi connectivity index (χ4v) is 8.14. The minimum atomic E-state index is 0.678. The van der Waals surface area contributed by atoms with Gasteiger partial charge in [0.15, 0.2) is 0 Å². The lowest BCUT2D eigenvalue weighted by Crippen LogP contribution is -2.22. The normalized spacial score (nSPS) is 12.6. The Bertz CT molecular complexity index is 2960. The summed E-state index contributed by atoms with van der Waals surface area (Å²) in [6.07, 6.45) is 0. The summed E-state index contributed by atoms with van der Waals surface area (Å²) in [6.45, 7) is 0.733. The Labute approximate surface area is 276 Å². The average molecular weight is 612 g/mol. The van der Waals surface area contributed by atoms with Crippen molar-refractivity contribution in [2.75, 3.05) is 4.90 Å². The maximum atomic E-state index is 7.24. The van der Waals surface area contributed by atoms with Crippen LogP contribution in [-0.4, -0.2) is 12.4 Å². The third-order valence-electron chi connectivity index (χ3n) is 10.2. The summed E-state index contributed by atoms with van der Waals surface area (Å²) in [6, 6.07) is 49.0. The van der Waals surface area contributed by atoms with Gasteiger partial charge in [-0.2, -0.15) is 0 Å². The third kappa shape index (κ3) is 3.40. The first-order chi connectivity index (χ1) is 23.7. The lowest BCUT2D eigenvalue weighted by molar-refractivity contribution is 0.668. The first-order valence-electron chi connectivity index (χ1n) is 16.3. The molecule has 1 aliphatic rings. The second kappa shape index (κ2) is 9.43. The van der Waals surface area contributed by atoms with Gasteiger partial charge in [0.1, 0.15) is 30.2 Å². The zero-order valence-corrected chi connectivity index (χ0v) is 25.8. The smallest absolute Gasteiger partial charge is 0.135 e. The zero-order valence-electron chi connectivity index (χ0n) is 25.8.